The first kappa shape index (κ1) is 8.31. The van der Waals surface area contributed by atoms with Crippen LogP contribution in [-0.4, -0.2) is 23.8 Å². The Hall–Kier alpha value is 0.210. The highest BCUT2D eigenvalue weighted by atomic mass is 35.5. The van der Waals surface area contributed by atoms with Crippen LogP contribution in [0.25, 0.3) is 0 Å². The molecule has 2 bridgehead atoms. The van der Waals surface area contributed by atoms with Crippen LogP contribution in [0, 0.1) is 5.92 Å². The number of nitrogens with one attached hydrogen (secondary N) is 1. The van der Waals surface area contributed by atoms with Gasteiger partial charge in [-0.1, -0.05) is 0 Å². The molecule has 1 saturated carbocycles. The zero-order valence-corrected chi connectivity index (χ0v) is 6.73. The standard InChI is InChI=1S/C7H13NO.ClH/c9-7-3-5-1-2-6(7)8-4-5;/h5-9H,1-4H2;1H. The minimum absolute atomic E-state index is 0. The van der Waals surface area contributed by atoms with Gasteiger partial charge in [-0.05, 0) is 31.7 Å². The molecule has 3 aliphatic rings. The molecule has 0 aromatic rings. The number of halogens is 1. The minimum atomic E-state index is -0.0440. The zero-order chi connectivity index (χ0) is 6.27. The smallest absolute Gasteiger partial charge is 0.0696 e. The van der Waals surface area contributed by atoms with Crippen molar-refractivity contribution in [3.8, 4) is 0 Å². The number of hydrogen-bond acceptors (Lipinski definition) is 2. The van der Waals surface area contributed by atoms with E-state index in [1.807, 2.05) is 0 Å². The van der Waals surface area contributed by atoms with E-state index in [-0.39, 0.29) is 18.5 Å². The molecule has 0 spiro atoms. The van der Waals surface area contributed by atoms with E-state index < -0.39 is 0 Å². The van der Waals surface area contributed by atoms with Crippen molar-refractivity contribution >= 4 is 12.4 Å². The Bertz CT molecular complexity index is 112. The number of aliphatic hydroxyl groups excluding tert-OH is 1. The summed E-state index contributed by atoms with van der Waals surface area (Å²) in [6, 6.07) is 0.426. The first-order valence-electron chi connectivity index (χ1n) is 3.78. The monoisotopic (exact) mass is 163 g/mol. The summed E-state index contributed by atoms with van der Waals surface area (Å²) in [6.45, 7) is 1.14. The van der Waals surface area contributed by atoms with Gasteiger partial charge in [-0.2, -0.15) is 0 Å². The molecule has 3 unspecified atom stereocenters. The molecule has 60 valence electrons. The Morgan fingerprint density at radius 2 is 2.10 bits per heavy atom. The summed E-state index contributed by atoms with van der Waals surface area (Å²) < 4.78 is 0. The zero-order valence-electron chi connectivity index (χ0n) is 5.92. The predicted octanol–water partition coefficient (Wildman–Crippen LogP) is 0.541. The van der Waals surface area contributed by atoms with Gasteiger partial charge < -0.3 is 10.4 Å². The van der Waals surface area contributed by atoms with E-state index >= 15 is 0 Å². The fourth-order valence-electron chi connectivity index (χ4n) is 1.97. The fraction of sp³-hybridized carbons (Fsp3) is 1.00. The molecule has 2 nitrogen and oxygen atoms in total. The number of piperidine rings is 2. The fourth-order valence-corrected chi connectivity index (χ4v) is 1.97. The minimum Gasteiger partial charge on any atom is -0.391 e. The Labute approximate surface area is 67.4 Å². The van der Waals surface area contributed by atoms with E-state index in [0.717, 1.165) is 18.9 Å². The lowest BCUT2D eigenvalue weighted by atomic mass is 9.80. The van der Waals surface area contributed by atoms with Crippen molar-refractivity contribution in [1.29, 1.82) is 0 Å². The van der Waals surface area contributed by atoms with Gasteiger partial charge in [0.25, 0.3) is 0 Å². The van der Waals surface area contributed by atoms with Gasteiger partial charge in [-0.15, -0.1) is 12.4 Å². The SMILES string of the molecule is Cl.OC1CC2CCC1NC2. The number of aliphatic hydroxyl groups is 1. The van der Waals surface area contributed by atoms with Gasteiger partial charge in [-0.25, -0.2) is 0 Å². The molecule has 2 aliphatic heterocycles. The third-order valence-electron chi connectivity index (χ3n) is 2.59. The Balaban J connectivity index is 0.000000500. The predicted molar refractivity (Wildman–Crippen MR) is 42.4 cm³/mol. The van der Waals surface area contributed by atoms with Gasteiger partial charge in [0.1, 0.15) is 0 Å². The second kappa shape index (κ2) is 3.07. The van der Waals surface area contributed by atoms with Crippen LogP contribution in [0.1, 0.15) is 19.3 Å². The van der Waals surface area contributed by atoms with Gasteiger partial charge in [0, 0.05) is 6.04 Å². The summed E-state index contributed by atoms with van der Waals surface area (Å²) in [6.07, 6.45) is 3.51. The maximum absolute atomic E-state index is 9.34. The molecular formula is C7H14ClNO. The van der Waals surface area contributed by atoms with Crippen molar-refractivity contribution in [2.24, 2.45) is 5.92 Å². The van der Waals surface area contributed by atoms with Crippen LogP contribution in [-0.2, 0) is 0 Å². The topological polar surface area (TPSA) is 32.3 Å². The summed E-state index contributed by atoms with van der Waals surface area (Å²) in [5.41, 5.74) is 0. The van der Waals surface area contributed by atoms with Crippen LogP contribution in [0.3, 0.4) is 0 Å². The highest BCUT2D eigenvalue weighted by Crippen LogP contribution is 2.28. The number of fused-ring (bicyclic) bond motifs is 3. The first-order chi connectivity index (χ1) is 4.36. The van der Waals surface area contributed by atoms with Gasteiger partial charge in [0.2, 0.25) is 0 Å². The second-order valence-electron chi connectivity index (χ2n) is 3.26. The Morgan fingerprint density at radius 3 is 2.30 bits per heavy atom. The molecule has 1 aliphatic carbocycles. The van der Waals surface area contributed by atoms with Gasteiger partial charge in [-0.3, -0.25) is 0 Å². The van der Waals surface area contributed by atoms with Gasteiger partial charge >= 0.3 is 0 Å². The van der Waals surface area contributed by atoms with E-state index in [1.165, 1.54) is 12.8 Å². The number of hydrogen-bond donors (Lipinski definition) is 2. The van der Waals surface area contributed by atoms with Gasteiger partial charge in [0.05, 0.1) is 6.10 Å². The second-order valence-corrected chi connectivity index (χ2v) is 3.26. The van der Waals surface area contributed by atoms with E-state index in [4.69, 9.17) is 0 Å². The van der Waals surface area contributed by atoms with E-state index in [9.17, 15) is 5.11 Å². The van der Waals surface area contributed by atoms with Crippen molar-refractivity contribution in [2.75, 3.05) is 6.54 Å². The molecule has 0 amide bonds. The average Bonchev–Trinajstić information content (AvgIpc) is 1.90. The molecule has 3 rings (SSSR count). The van der Waals surface area contributed by atoms with Crippen molar-refractivity contribution in [3.05, 3.63) is 0 Å². The molecule has 3 fully saturated rings. The van der Waals surface area contributed by atoms with Crippen LogP contribution in [0.15, 0.2) is 0 Å². The first-order valence-corrected chi connectivity index (χ1v) is 3.78. The van der Waals surface area contributed by atoms with Crippen LogP contribution >= 0.6 is 12.4 Å². The Kier molecular flexibility index (Phi) is 2.55. The van der Waals surface area contributed by atoms with Crippen molar-refractivity contribution < 1.29 is 5.11 Å². The third kappa shape index (κ3) is 1.29. The largest absolute Gasteiger partial charge is 0.391 e. The summed E-state index contributed by atoms with van der Waals surface area (Å²) >= 11 is 0. The quantitative estimate of drug-likeness (QED) is 0.547. The Morgan fingerprint density at radius 1 is 1.30 bits per heavy atom. The molecule has 10 heavy (non-hydrogen) atoms. The summed E-state index contributed by atoms with van der Waals surface area (Å²) in [5, 5.41) is 12.7. The maximum atomic E-state index is 9.34. The summed E-state index contributed by atoms with van der Waals surface area (Å²) in [7, 11) is 0. The van der Waals surface area contributed by atoms with Gasteiger partial charge in [0.15, 0.2) is 0 Å². The average molecular weight is 164 g/mol. The van der Waals surface area contributed by atoms with E-state index in [2.05, 4.69) is 5.32 Å². The lowest BCUT2D eigenvalue weighted by molar-refractivity contribution is 0.0316. The summed E-state index contributed by atoms with van der Waals surface area (Å²) in [5.74, 6) is 0.769. The van der Waals surface area contributed by atoms with Crippen molar-refractivity contribution in [2.45, 2.75) is 31.4 Å². The van der Waals surface area contributed by atoms with Crippen LogP contribution < -0.4 is 5.32 Å². The molecule has 0 aromatic carbocycles. The highest BCUT2D eigenvalue weighted by Gasteiger charge is 2.33. The molecule has 0 aromatic heterocycles. The maximum Gasteiger partial charge on any atom is 0.0696 e. The van der Waals surface area contributed by atoms with Crippen molar-refractivity contribution in [3.63, 3.8) is 0 Å². The lowest BCUT2D eigenvalue weighted by Crippen LogP contribution is -2.52. The molecule has 2 N–H and O–H groups in total. The van der Waals surface area contributed by atoms with Crippen LogP contribution in [0.5, 0.6) is 0 Å². The lowest BCUT2D eigenvalue weighted by Gasteiger charge is -2.40. The van der Waals surface area contributed by atoms with Crippen molar-refractivity contribution in [1.82, 2.24) is 5.32 Å². The molecule has 2 saturated heterocycles. The molecule has 0 radical (unpaired) electrons. The third-order valence-corrected chi connectivity index (χ3v) is 2.59. The van der Waals surface area contributed by atoms with Crippen LogP contribution in [0.2, 0.25) is 0 Å². The molecule has 3 atom stereocenters. The normalized spacial score (nSPS) is 44.7. The van der Waals surface area contributed by atoms with E-state index in [1.54, 1.807) is 0 Å². The highest BCUT2D eigenvalue weighted by molar-refractivity contribution is 5.85. The molecule has 3 heteroatoms. The summed E-state index contributed by atoms with van der Waals surface area (Å²) in [4.78, 5) is 0. The van der Waals surface area contributed by atoms with E-state index in [0.29, 0.717) is 6.04 Å². The molecular weight excluding hydrogens is 150 g/mol. The number of rotatable bonds is 0. The van der Waals surface area contributed by atoms with Crippen LogP contribution in [0.4, 0.5) is 0 Å². The molecule has 2 heterocycles.